The summed E-state index contributed by atoms with van der Waals surface area (Å²) in [6.45, 7) is 2.08. The molecule has 5 nitrogen and oxygen atoms in total. The van der Waals surface area contributed by atoms with Crippen molar-refractivity contribution in [3.63, 3.8) is 0 Å². The standard InChI is InChI=1S/C15H15FN2O3/c1-10-7-12(18(2)17-10)9-21-14-5-3-11(8-13(14)16)4-6-15(19)20/h3-8H,9H2,1-2H3,(H,19,20)/b6-4+. The van der Waals surface area contributed by atoms with Crippen molar-refractivity contribution in [1.29, 1.82) is 0 Å². The molecule has 0 fully saturated rings. The van der Waals surface area contributed by atoms with Crippen LogP contribution < -0.4 is 4.74 Å². The quantitative estimate of drug-likeness (QED) is 0.859. The van der Waals surface area contributed by atoms with E-state index < -0.39 is 11.8 Å². The number of aliphatic carboxylic acids is 1. The van der Waals surface area contributed by atoms with Crippen LogP contribution in [-0.4, -0.2) is 20.9 Å². The van der Waals surface area contributed by atoms with Crippen molar-refractivity contribution in [2.75, 3.05) is 0 Å². The third-order valence-corrected chi connectivity index (χ3v) is 2.85. The highest BCUT2D eigenvalue weighted by molar-refractivity contribution is 5.85. The second-order valence-corrected chi connectivity index (χ2v) is 4.55. The van der Waals surface area contributed by atoms with Gasteiger partial charge in [0.15, 0.2) is 11.6 Å². The second-order valence-electron chi connectivity index (χ2n) is 4.55. The SMILES string of the molecule is Cc1cc(COc2ccc(/C=C/C(=O)O)cc2F)n(C)n1. The average molecular weight is 290 g/mol. The molecule has 0 aliphatic heterocycles. The summed E-state index contributed by atoms with van der Waals surface area (Å²) in [6.07, 6.45) is 2.27. The van der Waals surface area contributed by atoms with Crippen LogP contribution in [0.4, 0.5) is 4.39 Å². The number of aromatic nitrogens is 2. The number of carboxylic acid groups (broad SMARTS) is 1. The van der Waals surface area contributed by atoms with Crippen molar-refractivity contribution in [1.82, 2.24) is 9.78 Å². The van der Waals surface area contributed by atoms with E-state index in [-0.39, 0.29) is 12.4 Å². The summed E-state index contributed by atoms with van der Waals surface area (Å²) < 4.78 is 21.0. The maximum Gasteiger partial charge on any atom is 0.328 e. The molecule has 110 valence electrons. The van der Waals surface area contributed by atoms with E-state index in [9.17, 15) is 9.18 Å². The Bertz CT molecular complexity index is 692. The van der Waals surface area contributed by atoms with Gasteiger partial charge in [-0.2, -0.15) is 5.10 Å². The van der Waals surface area contributed by atoms with Crippen LogP contribution in [0.25, 0.3) is 6.08 Å². The van der Waals surface area contributed by atoms with Crippen molar-refractivity contribution >= 4 is 12.0 Å². The van der Waals surface area contributed by atoms with E-state index >= 15 is 0 Å². The molecule has 0 atom stereocenters. The van der Waals surface area contributed by atoms with Gasteiger partial charge in [0.25, 0.3) is 0 Å². The molecule has 0 saturated heterocycles. The van der Waals surface area contributed by atoms with E-state index in [4.69, 9.17) is 9.84 Å². The van der Waals surface area contributed by atoms with Gasteiger partial charge in [-0.15, -0.1) is 0 Å². The first-order chi connectivity index (χ1) is 9.95. The molecule has 21 heavy (non-hydrogen) atoms. The highest BCUT2D eigenvalue weighted by Gasteiger charge is 2.07. The van der Waals surface area contributed by atoms with Crippen LogP contribution in [0.15, 0.2) is 30.3 Å². The molecule has 0 unspecified atom stereocenters. The number of hydrogen-bond donors (Lipinski definition) is 1. The Balaban J connectivity index is 2.07. The Morgan fingerprint density at radius 2 is 2.24 bits per heavy atom. The summed E-state index contributed by atoms with van der Waals surface area (Å²) >= 11 is 0. The van der Waals surface area contributed by atoms with Gasteiger partial charge >= 0.3 is 5.97 Å². The van der Waals surface area contributed by atoms with E-state index in [1.54, 1.807) is 17.8 Å². The Morgan fingerprint density at radius 1 is 1.48 bits per heavy atom. The topological polar surface area (TPSA) is 64.3 Å². The van der Waals surface area contributed by atoms with Gasteiger partial charge in [-0.05, 0) is 36.8 Å². The lowest BCUT2D eigenvalue weighted by Gasteiger charge is -2.08. The van der Waals surface area contributed by atoms with Crippen LogP contribution in [0.2, 0.25) is 0 Å². The van der Waals surface area contributed by atoms with Crippen LogP contribution in [-0.2, 0) is 18.4 Å². The molecule has 0 radical (unpaired) electrons. The van der Waals surface area contributed by atoms with Gasteiger partial charge in [0.05, 0.1) is 11.4 Å². The Morgan fingerprint density at radius 3 is 2.81 bits per heavy atom. The number of halogens is 1. The van der Waals surface area contributed by atoms with Gasteiger partial charge in [0.1, 0.15) is 6.61 Å². The monoisotopic (exact) mass is 290 g/mol. The van der Waals surface area contributed by atoms with Crippen LogP contribution in [0, 0.1) is 12.7 Å². The highest BCUT2D eigenvalue weighted by Crippen LogP contribution is 2.20. The maximum absolute atomic E-state index is 13.9. The minimum atomic E-state index is -1.08. The molecule has 6 heteroatoms. The zero-order chi connectivity index (χ0) is 15.4. The lowest BCUT2D eigenvalue weighted by Crippen LogP contribution is -2.04. The first-order valence-electron chi connectivity index (χ1n) is 6.28. The number of rotatable bonds is 5. The van der Waals surface area contributed by atoms with E-state index in [1.165, 1.54) is 18.2 Å². The number of benzene rings is 1. The Hall–Kier alpha value is -2.63. The minimum Gasteiger partial charge on any atom is -0.484 e. The zero-order valence-electron chi connectivity index (χ0n) is 11.7. The average Bonchev–Trinajstić information content (AvgIpc) is 2.73. The predicted octanol–water partition coefficient (Wildman–Crippen LogP) is 2.54. The predicted molar refractivity (Wildman–Crippen MR) is 75.3 cm³/mol. The fourth-order valence-electron chi connectivity index (χ4n) is 1.86. The molecule has 0 aliphatic carbocycles. The van der Waals surface area contributed by atoms with Crippen LogP contribution in [0.5, 0.6) is 5.75 Å². The smallest absolute Gasteiger partial charge is 0.328 e. The number of carboxylic acids is 1. The number of ether oxygens (including phenoxy) is 1. The molecule has 1 aromatic heterocycles. The van der Waals surface area contributed by atoms with Gasteiger partial charge < -0.3 is 9.84 Å². The molecule has 2 aromatic rings. The zero-order valence-corrected chi connectivity index (χ0v) is 11.7. The maximum atomic E-state index is 13.9. The number of carbonyl (C=O) groups is 1. The summed E-state index contributed by atoms with van der Waals surface area (Å²) in [5.74, 6) is -1.51. The van der Waals surface area contributed by atoms with Gasteiger partial charge in [0, 0.05) is 13.1 Å². The minimum absolute atomic E-state index is 0.112. The fraction of sp³-hybridized carbons (Fsp3) is 0.200. The largest absolute Gasteiger partial charge is 0.484 e. The lowest BCUT2D eigenvalue weighted by molar-refractivity contribution is -0.131. The number of hydrogen-bond acceptors (Lipinski definition) is 3. The number of aryl methyl sites for hydroxylation is 2. The van der Waals surface area contributed by atoms with Crippen molar-refractivity contribution in [3.8, 4) is 5.75 Å². The first-order valence-corrected chi connectivity index (χ1v) is 6.28. The summed E-state index contributed by atoms with van der Waals surface area (Å²) in [4.78, 5) is 10.4. The van der Waals surface area contributed by atoms with Crippen molar-refractivity contribution in [3.05, 3.63) is 53.1 Å². The molecular weight excluding hydrogens is 275 g/mol. The van der Waals surface area contributed by atoms with E-state index in [1.807, 2.05) is 13.0 Å². The summed E-state index contributed by atoms with van der Waals surface area (Å²) in [5, 5.41) is 12.7. The molecule has 0 aliphatic rings. The molecule has 2 rings (SSSR count). The van der Waals surface area contributed by atoms with Gasteiger partial charge in [-0.3, -0.25) is 4.68 Å². The molecule has 1 heterocycles. The Kier molecular flexibility index (Phi) is 4.37. The van der Waals surface area contributed by atoms with Gasteiger partial charge in [-0.25, -0.2) is 9.18 Å². The summed E-state index contributed by atoms with van der Waals surface area (Å²) in [6, 6.07) is 6.15. The molecule has 0 bridgehead atoms. The van der Waals surface area contributed by atoms with E-state index in [2.05, 4.69) is 5.10 Å². The summed E-state index contributed by atoms with van der Waals surface area (Å²) in [7, 11) is 1.79. The van der Waals surface area contributed by atoms with Crippen molar-refractivity contribution in [2.45, 2.75) is 13.5 Å². The van der Waals surface area contributed by atoms with E-state index in [0.717, 1.165) is 17.5 Å². The second kappa shape index (κ2) is 6.21. The van der Waals surface area contributed by atoms with Gasteiger partial charge in [0.2, 0.25) is 0 Å². The molecule has 0 amide bonds. The number of nitrogens with zero attached hydrogens (tertiary/aromatic N) is 2. The lowest BCUT2D eigenvalue weighted by atomic mass is 10.2. The Labute approximate surface area is 121 Å². The first kappa shape index (κ1) is 14.8. The van der Waals surface area contributed by atoms with Crippen LogP contribution >= 0.6 is 0 Å². The fourth-order valence-corrected chi connectivity index (χ4v) is 1.86. The van der Waals surface area contributed by atoms with Crippen molar-refractivity contribution < 1.29 is 19.0 Å². The molecule has 0 saturated carbocycles. The third kappa shape index (κ3) is 3.92. The molecule has 1 aromatic carbocycles. The molecule has 0 spiro atoms. The normalized spacial score (nSPS) is 11.0. The van der Waals surface area contributed by atoms with Crippen LogP contribution in [0.1, 0.15) is 17.0 Å². The molecule has 1 N–H and O–H groups in total. The van der Waals surface area contributed by atoms with Crippen LogP contribution in [0.3, 0.4) is 0 Å². The van der Waals surface area contributed by atoms with Gasteiger partial charge in [-0.1, -0.05) is 6.07 Å². The van der Waals surface area contributed by atoms with Crippen molar-refractivity contribution in [2.24, 2.45) is 7.05 Å². The highest BCUT2D eigenvalue weighted by atomic mass is 19.1. The molecular formula is C15H15FN2O3. The summed E-state index contributed by atoms with van der Waals surface area (Å²) in [5.41, 5.74) is 2.16. The van der Waals surface area contributed by atoms with E-state index in [0.29, 0.717) is 5.56 Å². The third-order valence-electron chi connectivity index (χ3n) is 2.85.